The average Bonchev–Trinajstić information content (AvgIpc) is 2.98. The lowest BCUT2D eigenvalue weighted by Crippen LogP contribution is -2.45. The molecule has 1 amide bonds. The van der Waals surface area contributed by atoms with E-state index in [1.54, 1.807) is 25.1 Å². The van der Waals surface area contributed by atoms with Crippen molar-refractivity contribution in [3.63, 3.8) is 0 Å². The van der Waals surface area contributed by atoms with Crippen LogP contribution >= 0.6 is 0 Å². The van der Waals surface area contributed by atoms with Gasteiger partial charge in [0.15, 0.2) is 0 Å². The topological polar surface area (TPSA) is 73.9 Å². The molecule has 1 aromatic carbocycles. The smallest absolute Gasteiger partial charge is 0.341 e. The van der Waals surface area contributed by atoms with Crippen LogP contribution in [0.1, 0.15) is 83.0 Å². The first kappa shape index (κ1) is 24.2. The molecule has 1 aliphatic carbocycles. The van der Waals surface area contributed by atoms with Crippen molar-refractivity contribution >= 4 is 17.6 Å². The molecule has 1 aliphatic rings. The molecule has 0 aliphatic heterocycles. The van der Waals surface area contributed by atoms with Crippen LogP contribution < -0.4 is 10.1 Å². The van der Waals surface area contributed by atoms with Gasteiger partial charge in [0, 0.05) is 12.3 Å². The molecular weight excluding hydrogens is 382 g/mol. The average molecular weight is 420 g/mol. The Bertz CT molecular complexity index is 693. The third-order valence-electron chi connectivity index (χ3n) is 5.21. The molecular formula is C24H37NO5. The summed E-state index contributed by atoms with van der Waals surface area (Å²) in [6.07, 6.45) is 6.52. The van der Waals surface area contributed by atoms with Gasteiger partial charge in [-0.05, 0) is 50.3 Å². The van der Waals surface area contributed by atoms with Gasteiger partial charge in [0.1, 0.15) is 16.9 Å². The summed E-state index contributed by atoms with van der Waals surface area (Å²) < 4.78 is 17.1. The van der Waals surface area contributed by atoms with Crippen molar-refractivity contribution in [1.82, 2.24) is 0 Å². The van der Waals surface area contributed by atoms with Gasteiger partial charge >= 0.3 is 5.97 Å². The first-order valence-corrected chi connectivity index (χ1v) is 11.3. The number of nitrogens with one attached hydrogen (secondary N) is 1. The Balaban J connectivity index is 2.25. The van der Waals surface area contributed by atoms with E-state index in [4.69, 9.17) is 14.2 Å². The van der Waals surface area contributed by atoms with Gasteiger partial charge in [-0.2, -0.15) is 0 Å². The van der Waals surface area contributed by atoms with E-state index >= 15 is 0 Å². The van der Waals surface area contributed by atoms with Gasteiger partial charge < -0.3 is 19.5 Å². The number of benzene rings is 1. The van der Waals surface area contributed by atoms with Gasteiger partial charge in [-0.3, -0.25) is 4.79 Å². The van der Waals surface area contributed by atoms with E-state index in [9.17, 15) is 9.59 Å². The fourth-order valence-electron chi connectivity index (χ4n) is 3.64. The van der Waals surface area contributed by atoms with Gasteiger partial charge in [0.25, 0.3) is 5.91 Å². The van der Waals surface area contributed by atoms with E-state index in [2.05, 4.69) is 5.32 Å². The maximum Gasteiger partial charge on any atom is 0.341 e. The van der Waals surface area contributed by atoms with Crippen molar-refractivity contribution in [2.24, 2.45) is 5.92 Å². The predicted octanol–water partition coefficient (Wildman–Crippen LogP) is 5.36. The largest absolute Gasteiger partial charge is 0.492 e. The number of carbonyl (C=O) groups excluding carboxylic acids is 2. The normalized spacial score (nSPS) is 16.0. The molecule has 1 N–H and O–H groups in total. The monoisotopic (exact) mass is 419 g/mol. The molecule has 1 saturated carbocycles. The first-order chi connectivity index (χ1) is 14.4. The van der Waals surface area contributed by atoms with Crippen LogP contribution in [-0.2, 0) is 14.3 Å². The minimum atomic E-state index is -0.802. The maximum absolute atomic E-state index is 13.3. The zero-order chi connectivity index (χ0) is 22.0. The van der Waals surface area contributed by atoms with Crippen LogP contribution in [0.4, 0.5) is 5.69 Å². The van der Waals surface area contributed by atoms with Crippen LogP contribution in [0.15, 0.2) is 18.2 Å². The summed E-state index contributed by atoms with van der Waals surface area (Å²) >= 11 is 0. The second kappa shape index (κ2) is 11.9. The highest BCUT2D eigenvalue weighted by Crippen LogP contribution is 2.33. The number of anilines is 1. The van der Waals surface area contributed by atoms with Gasteiger partial charge in [-0.15, -0.1) is 0 Å². The Hall–Kier alpha value is -2.08. The SMILES string of the molecule is CCCOC1(C(=O)Nc2ccc(OCC(C)C)c(C(=O)OCC)c2)CCCCCC1. The third-order valence-corrected chi connectivity index (χ3v) is 5.21. The molecule has 1 aromatic rings. The Morgan fingerprint density at radius 3 is 2.40 bits per heavy atom. The minimum Gasteiger partial charge on any atom is -0.492 e. The number of hydrogen-bond donors (Lipinski definition) is 1. The van der Waals surface area contributed by atoms with Crippen molar-refractivity contribution in [3.05, 3.63) is 23.8 Å². The zero-order valence-corrected chi connectivity index (χ0v) is 18.9. The van der Waals surface area contributed by atoms with Gasteiger partial charge in [0.2, 0.25) is 0 Å². The Morgan fingerprint density at radius 2 is 1.80 bits per heavy atom. The standard InChI is InChI=1S/C24H37NO5/c1-5-15-30-24(13-9-7-8-10-14-24)23(27)25-19-11-12-21(29-17-18(3)4)20(16-19)22(26)28-6-2/h11-12,16,18H,5-10,13-15,17H2,1-4H3,(H,25,27). The van der Waals surface area contributed by atoms with Gasteiger partial charge in [-0.25, -0.2) is 4.79 Å². The van der Waals surface area contributed by atoms with Crippen LogP contribution in [0.3, 0.4) is 0 Å². The highest BCUT2D eigenvalue weighted by molar-refractivity contribution is 5.99. The van der Waals surface area contributed by atoms with E-state index in [1.807, 2.05) is 20.8 Å². The van der Waals surface area contributed by atoms with E-state index in [0.717, 1.165) is 44.9 Å². The Kier molecular flexibility index (Phi) is 9.63. The Morgan fingerprint density at radius 1 is 1.10 bits per heavy atom. The molecule has 30 heavy (non-hydrogen) atoms. The number of ether oxygens (including phenoxy) is 3. The highest BCUT2D eigenvalue weighted by atomic mass is 16.5. The summed E-state index contributed by atoms with van der Waals surface area (Å²) in [6.45, 7) is 9.22. The number of carbonyl (C=O) groups is 2. The Labute approximate surface area is 180 Å². The molecule has 1 fully saturated rings. The fourth-order valence-corrected chi connectivity index (χ4v) is 3.64. The lowest BCUT2D eigenvalue weighted by Gasteiger charge is -2.31. The molecule has 0 aromatic heterocycles. The number of esters is 1. The number of hydrogen-bond acceptors (Lipinski definition) is 5. The van der Waals surface area contributed by atoms with Crippen LogP contribution in [0, 0.1) is 5.92 Å². The summed E-state index contributed by atoms with van der Waals surface area (Å²) in [5.74, 6) is 0.194. The highest BCUT2D eigenvalue weighted by Gasteiger charge is 2.39. The first-order valence-electron chi connectivity index (χ1n) is 11.3. The van der Waals surface area contributed by atoms with Crippen molar-refractivity contribution in [3.8, 4) is 5.75 Å². The summed E-state index contributed by atoms with van der Waals surface area (Å²) in [5.41, 5.74) is 0.0621. The van der Waals surface area contributed by atoms with Crippen molar-refractivity contribution < 1.29 is 23.8 Å². The number of amides is 1. The van der Waals surface area contributed by atoms with E-state index in [0.29, 0.717) is 36.1 Å². The zero-order valence-electron chi connectivity index (χ0n) is 18.9. The lowest BCUT2D eigenvalue weighted by atomic mass is 9.92. The molecule has 0 atom stereocenters. The van der Waals surface area contributed by atoms with Crippen molar-refractivity contribution in [1.29, 1.82) is 0 Å². The fraction of sp³-hybridized carbons (Fsp3) is 0.667. The molecule has 6 heteroatoms. The second-order valence-corrected chi connectivity index (χ2v) is 8.35. The molecule has 0 bridgehead atoms. The van der Waals surface area contributed by atoms with E-state index in [1.165, 1.54) is 0 Å². The molecule has 168 valence electrons. The van der Waals surface area contributed by atoms with Crippen molar-refractivity contribution in [2.75, 3.05) is 25.1 Å². The van der Waals surface area contributed by atoms with Crippen LogP contribution in [0.5, 0.6) is 5.75 Å². The molecule has 0 radical (unpaired) electrons. The maximum atomic E-state index is 13.3. The predicted molar refractivity (Wildman–Crippen MR) is 118 cm³/mol. The van der Waals surface area contributed by atoms with Gasteiger partial charge in [0.05, 0.1) is 13.2 Å². The van der Waals surface area contributed by atoms with E-state index in [-0.39, 0.29) is 12.5 Å². The van der Waals surface area contributed by atoms with Gasteiger partial charge in [-0.1, -0.05) is 46.5 Å². The van der Waals surface area contributed by atoms with Crippen LogP contribution in [-0.4, -0.2) is 37.3 Å². The molecule has 0 spiro atoms. The molecule has 0 heterocycles. The molecule has 0 saturated heterocycles. The van der Waals surface area contributed by atoms with E-state index < -0.39 is 11.6 Å². The van der Waals surface area contributed by atoms with Crippen LogP contribution in [0.25, 0.3) is 0 Å². The minimum absolute atomic E-state index is 0.136. The summed E-state index contributed by atoms with van der Waals surface area (Å²) in [6, 6.07) is 5.12. The third kappa shape index (κ3) is 6.73. The summed E-state index contributed by atoms with van der Waals surface area (Å²) in [7, 11) is 0. The summed E-state index contributed by atoms with van der Waals surface area (Å²) in [4.78, 5) is 25.7. The molecule has 0 unspecified atom stereocenters. The molecule has 2 rings (SSSR count). The second-order valence-electron chi connectivity index (χ2n) is 8.35. The van der Waals surface area contributed by atoms with Crippen molar-refractivity contribution in [2.45, 2.75) is 78.2 Å². The lowest BCUT2D eigenvalue weighted by molar-refractivity contribution is -0.143. The molecule has 6 nitrogen and oxygen atoms in total. The number of rotatable bonds is 10. The van der Waals surface area contributed by atoms with Crippen LogP contribution in [0.2, 0.25) is 0 Å². The summed E-state index contributed by atoms with van der Waals surface area (Å²) in [5, 5.41) is 2.99. The quantitative estimate of drug-likeness (QED) is 0.408.